The zero-order valence-electron chi connectivity index (χ0n) is 12.4. The van der Waals surface area contributed by atoms with Gasteiger partial charge in [0.2, 0.25) is 0 Å². The number of hydrogen-bond acceptors (Lipinski definition) is 1. The van der Waals surface area contributed by atoms with Gasteiger partial charge in [-0.15, -0.1) is 0 Å². The molecule has 1 aromatic carbocycles. The van der Waals surface area contributed by atoms with E-state index in [1.165, 1.54) is 22.5 Å². The summed E-state index contributed by atoms with van der Waals surface area (Å²) in [6.07, 6.45) is 2.18. The second kappa shape index (κ2) is 5.16. The maximum atomic E-state index is 5.44. The molecule has 3 heterocycles. The molecule has 1 fully saturated rings. The van der Waals surface area contributed by atoms with Crippen molar-refractivity contribution < 1.29 is 14.2 Å². The number of quaternary nitrogens is 1. The maximum Gasteiger partial charge on any atom is 0.368 e. The number of imidazole rings is 2. The van der Waals surface area contributed by atoms with Crippen molar-refractivity contribution in [2.75, 3.05) is 32.8 Å². The fraction of sp³-hybridized carbons (Fsp3) is 0.438. The summed E-state index contributed by atoms with van der Waals surface area (Å²) in [6, 6.07) is 8.62. The van der Waals surface area contributed by atoms with Crippen LogP contribution in [0.2, 0.25) is 0 Å². The fourth-order valence-corrected chi connectivity index (χ4v) is 3.32. The molecule has 0 saturated carbocycles. The molecule has 1 saturated heterocycles. The average Bonchev–Trinajstić information content (AvgIpc) is 3.02. The number of rotatable bonds is 3. The number of hydrogen-bond donors (Lipinski definition) is 2. The standard InChI is InChI=1S/C16H20N4O/c1-13-12-20-15-5-3-2-4-14(15)19(16(20)17-13)7-6-18-8-10-21-11-9-18/h2-5,12H,6-11H2,1H3/p+2. The molecule has 0 radical (unpaired) electrons. The lowest BCUT2D eigenvalue weighted by atomic mass is 10.3. The van der Waals surface area contributed by atoms with E-state index in [1.54, 1.807) is 4.90 Å². The van der Waals surface area contributed by atoms with Gasteiger partial charge in [-0.2, -0.15) is 4.40 Å². The summed E-state index contributed by atoms with van der Waals surface area (Å²) < 4.78 is 10.1. The lowest BCUT2D eigenvalue weighted by Gasteiger charge is -2.23. The maximum absolute atomic E-state index is 5.44. The van der Waals surface area contributed by atoms with Gasteiger partial charge in [0.15, 0.2) is 0 Å². The van der Waals surface area contributed by atoms with E-state index in [9.17, 15) is 0 Å². The number of nitrogens with zero attached hydrogens (tertiary/aromatic N) is 2. The first-order valence-corrected chi connectivity index (χ1v) is 7.72. The van der Waals surface area contributed by atoms with Crippen LogP contribution in [-0.4, -0.2) is 42.2 Å². The molecule has 2 aromatic heterocycles. The molecule has 0 bridgehead atoms. The molecule has 1 aliphatic heterocycles. The topological polar surface area (TPSA) is 37.8 Å². The Morgan fingerprint density at radius 1 is 1.29 bits per heavy atom. The highest BCUT2D eigenvalue weighted by Gasteiger charge is 2.21. The summed E-state index contributed by atoms with van der Waals surface area (Å²) in [5.41, 5.74) is 3.77. The number of aryl methyl sites for hydroxylation is 1. The zero-order chi connectivity index (χ0) is 14.2. The molecule has 0 amide bonds. The number of aromatic amines is 1. The Labute approximate surface area is 123 Å². The predicted octanol–water partition coefficient (Wildman–Crippen LogP) is -0.0684. The summed E-state index contributed by atoms with van der Waals surface area (Å²) in [4.78, 5) is 5.14. The van der Waals surface area contributed by atoms with Gasteiger partial charge in [0.25, 0.3) is 0 Å². The zero-order valence-corrected chi connectivity index (χ0v) is 12.4. The molecular weight excluding hydrogens is 264 g/mol. The molecule has 21 heavy (non-hydrogen) atoms. The SMILES string of the molecule is Cc1cn2c3ccccc3[n+](CC[NH+]3CCOCC3)c2[nH]1. The van der Waals surface area contributed by atoms with Crippen molar-refractivity contribution >= 4 is 16.8 Å². The number of ether oxygens (including phenoxy) is 1. The van der Waals surface area contributed by atoms with Crippen LogP contribution in [0.15, 0.2) is 30.5 Å². The Bertz CT molecular complexity index is 767. The van der Waals surface area contributed by atoms with Crippen LogP contribution >= 0.6 is 0 Å². The van der Waals surface area contributed by atoms with Crippen molar-refractivity contribution in [1.82, 2.24) is 9.38 Å². The van der Waals surface area contributed by atoms with Crippen LogP contribution in [0.1, 0.15) is 5.69 Å². The van der Waals surface area contributed by atoms with E-state index in [0.29, 0.717) is 0 Å². The van der Waals surface area contributed by atoms with Crippen LogP contribution in [-0.2, 0) is 11.3 Å². The minimum Gasteiger partial charge on any atom is -0.370 e. The first-order chi connectivity index (χ1) is 10.3. The van der Waals surface area contributed by atoms with Gasteiger partial charge in [-0.1, -0.05) is 12.1 Å². The van der Waals surface area contributed by atoms with Gasteiger partial charge in [-0.05, 0) is 19.1 Å². The van der Waals surface area contributed by atoms with E-state index in [0.717, 1.165) is 39.4 Å². The van der Waals surface area contributed by atoms with Crippen molar-refractivity contribution in [2.24, 2.45) is 0 Å². The largest absolute Gasteiger partial charge is 0.370 e. The van der Waals surface area contributed by atoms with Crippen molar-refractivity contribution in [3.63, 3.8) is 0 Å². The third kappa shape index (κ3) is 2.22. The van der Waals surface area contributed by atoms with E-state index >= 15 is 0 Å². The van der Waals surface area contributed by atoms with Crippen LogP contribution in [0, 0.1) is 6.92 Å². The minimum atomic E-state index is 0.896. The number of fused-ring (bicyclic) bond motifs is 3. The van der Waals surface area contributed by atoms with Crippen LogP contribution < -0.4 is 9.47 Å². The molecule has 0 unspecified atom stereocenters. The van der Waals surface area contributed by atoms with Crippen molar-refractivity contribution in [3.8, 4) is 0 Å². The summed E-state index contributed by atoms with van der Waals surface area (Å²) >= 11 is 0. The number of aromatic nitrogens is 3. The van der Waals surface area contributed by atoms with Gasteiger partial charge < -0.3 is 9.64 Å². The normalized spacial score (nSPS) is 17.0. The number of morpholine rings is 1. The molecule has 3 aromatic rings. The smallest absolute Gasteiger partial charge is 0.368 e. The number of benzene rings is 1. The Balaban J connectivity index is 1.71. The monoisotopic (exact) mass is 286 g/mol. The molecular formula is C16H22N4O+2. The number of para-hydroxylation sites is 2. The quantitative estimate of drug-likeness (QED) is 0.650. The summed E-state index contributed by atoms with van der Waals surface area (Å²) in [6.45, 7) is 8.33. The summed E-state index contributed by atoms with van der Waals surface area (Å²) in [7, 11) is 0. The van der Waals surface area contributed by atoms with E-state index < -0.39 is 0 Å². The Kier molecular flexibility index (Phi) is 3.16. The average molecular weight is 286 g/mol. The van der Waals surface area contributed by atoms with Gasteiger partial charge in [0.1, 0.15) is 49.1 Å². The number of H-pyrrole nitrogens is 1. The predicted molar refractivity (Wildman–Crippen MR) is 80.6 cm³/mol. The van der Waals surface area contributed by atoms with Crippen LogP contribution in [0.25, 0.3) is 16.8 Å². The van der Waals surface area contributed by atoms with Gasteiger partial charge in [-0.3, -0.25) is 0 Å². The summed E-state index contributed by atoms with van der Waals surface area (Å²) in [5, 5.41) is 0. The molecule has 0 aliphatic carbocycles. The Morgan fingerprint density at radius 2 is 2.10 bits per heavy atom. The van der Waals surface area contributed by atoms with Crippen molar-refractivity contribution in [3.05, 3.63) is 36.2 Å². The second-order valence-corrected chi connectivity index (χ2v) is 5.88. The van der Waals surface area contributed by atoms with Crippen molar-refractivity contribution in [1.29, 1.82) is 0 Å². The fourth-order valence-electron chi connectivity index (χ4n) is 3.32. The van der Waals surface area contributed by atoms with Gasteiger partial charge >= 0.3 is 5.78 Å². The highest BCUT2D eigenvalue weighted by molar-refractivity contribution is 5.74. The van der Waals surface area contributed by atoms with Crippen LogP contribution in [0.4, 0.5) is 0 Å². The third-order valence-corrected chi connectivity index (χ3v) is 4.44. The highest BCUT2D eigenvalue weighted by atomic mass is 16.5. The lowest BCUT2D eigenvalue weighted by molar-refractivity contribution is -0.923. The molecule has 2 N–H and O–H groups in total. The third-order valence-electron chi connectivity index (χ3n) is 4.44. The number of nitrogens with one attached hydrogen (secondary N) is 2. The summed E-state index contributed by atoms with van der Waals surface area (Å²) in [5.74, 6) is 1.18. The lowest BCUT2D eigenvalue weighted by Crippen LogP contribution is -3.14. The molecule has 4 rings (SSSR count). The van der Waals surface area contributed by atoms with Crippen LogP contribution in [0.3, 0.4) is 0 Å². The van der Waals surface area contributed by atoms with Gasteiger partial charge in [-0.25, -0.2) is 9.55 Å². The molecule has 0 atom stereocenters. The first-order valence-electron chi connectivity index (χ1n) is 7.72. The Hall–Kier alpha value is -1.85. The first kappa shape index (κ1) is 12.9. The Morgan fingerprint density at radius 3 is 2.95 bits per heavy atom. The molecule has 5 heteroatoms. The highest BCUT2D eigenvalue weighted by Crippen LogP contribution is 2.14. The van der Waals surface area contributed by atoms with E-state index in [1.807, 2.05) is 0 Å². The van der Waals surface area contributed by atoms with Crippen molar-refractivity contribution in [2.45, 2.75) is 13.5 Å². The van der Waals surface area contributed by atoms with E-state index in [-0.39, 0.29) is 0 Å². The minimum absolute atomic E-state index is 0.896. The van der Waals surface area contributed by atoms with Gasteiger partial charge in [0, 0.05) is 0 Å². The second-order valence-electron chi connectivity index (χ2n) is 5.88. The van der Waals surface area contributed by atoms with E-state index in [4.69, 9.17) is 4.74 Å². The van der Waals surface area contributed by atoms with E-state index in [2.05, 4.69) is 51.3 Å². The van der Waals surface area contributed by atoms with Crippen LogP contribution in [0.5, 0.6) is 0 Å². The van der Waals surface area contributed by atoms with Gasteiger partial charge in [0.05, 0.1) is 13.2 Å². The molecule has 1 aliphatic rings. The molecule has 110 valence electrons. The molecule has 0 spiro atoms. The molecule has 5 nitrogen and oxygen atoms in total.